The molecule has 18 heavy (non-hydrogen) atoms. The maximum atomic E-state index is 11.6. The molecular weight excluding hydrogens is 355 g/mol. The van der Waals surface area contributed by atoms with Gasteiger partial charge in [-0.2, -0.15) is 0 Å². The first-order valence-electron chi connectivity index (χ1n) is 5.29. The van der Waals surface area contributed by atoms with E-state index in [1.165, 1.54) is 10.8 Å². The van der Waals surface area contributed by atoms with E-state index in [-0.39, 0.29) is 37.0 Å². The van der Waals surface area contributed by atoms with Crippen LogP contribution in [0.1, 0.15) is 18.2 Å². The molecule has 1 fully saturated rings. The molecule has 0 bridgehead atoms. The number of hydrogen-bond donors (Lipinski definition) is 3. The summed E-state index contributed by atoms with van der Waals surface area (Å²) in [6, 6.07) is 0. The van der Waals surface area contributed by atoms with Crippen LogP contribution in [0.15, 0.2) is 15.8 Å². The van der Waals surface area contributed by atoms with Crippen LogP contribution in [0.25, 0.3) is 0 Å². The third-order valence-electron chi connectivity index (χ3n) is 2.84. The van der Waals surface area contributed by atoms with Crippen molar-refractivity contribution in [1.82, 2.24) is 9.55 Å². The molecule has 1 aliphatic heterocycles. The number of nitrogens with one attached hydrogen (secondary N) is 1. The minimum atomic E-state index is -0.816. The standard InChI is InChI=1S/C10H14N2O5.HI/c1-5-3-12(10(16)11-9(5)15)8-2-6(14)7(4-13)17-8;/h3,6-8,13-14H,2,4H2,1H3,(H,11,15,16);1H/p-1/t6-,7+,8+;/m0./s1. The van der Waals surface area contributed by atoms with Crippen molar-refractivity contribution in [3.8, 4) is 0 Å². The molecule has 7 nitrogen and oxygen atoms in total. The van der Waals surface area contributed by atoms with Crippen LogP contribution in [-0.4, -0.2) is 38.6 Å². The molecule has 0 spiro atoms. The molecule has 8 heteroatoms. The summed E-state index contributed by atoms with van der Waals surface area (Å²) < 4.78 is 6.54. The Bertz CT molecular complexity index is 526. The van der Waals surface area contributed by atoms with Gasteiger partial charge in [-0.25, -0.2) is 4.79 Å². The molecule has 1 aromatic rings. The fourth-order valence-corrected chi connectivity index (χ4v) is 1.85. The average molecular weight is 369 g/mol. The Labute approximate surface area is 119 Å². The largest absolute Gasteiger partial charge is 1.00 e. The van der Waals surface area contributed by atoms with Gasteiger partial charge in [-0.15, -0.1) is 0 Å². The molecule has 2 rings (SSSR count). The third kappa shape index (κ3) is 2.82. The van der Waals surface area contributed by atoms with Gasteiger partial charge in [-0.1, -0.05) is 0 Å². The summed E-state index contributed by atoms with van der Waals surface area (Å²) in [6.45, 7) is 1.26. The number of hydrogen-bond acceptors (Lipinski definition) is 5. The summed E-state index contributed by atoms with van der Waals surface area (Å²) in [5.74, 6) is 0. The lowest BCUT2D eigenvalue weighted by atomic mass is 10.2. The van der Waals surface area contributed by atoms with Gasteiger partial charge in [0, 0.05) is 18.2 Å². The van der Waals surface area contributed by atoms with Gasteiger partial charge in [0.25, 0.3) is 5.56 Å². The van der Waals surface area contributed by atoms with E-state index in [1.807, 2.05) is 0 Å². The molecule has 102 valence electrons. The van der Waals surface area contributed by atoms with Crippen LogP contribution < -0.4 is 35.2 Å². The summed E-state index contributed by atoms with van der Waals surface area (Å²) >= 11 is 0. The summed E-state index contributed by atoms with van der Waals surface area (Å²) in [6.07, 6.45) is -0.581. The predicted octanol–water partition coefficient (Wildman–Crippen LogP) is -4.51. The van der Waals surface area contributed by atoms with Crippen LogP contribution in [0.5, 0.6) is 0 Å². The highest BCUT2D eigenvalue weighted by molar-refractivity contribution is 5.02. The summed E-state index contributed by atoms with van der Waals surface area (Å²) in [5.41, 5.74) is -0.643. The van der Waals surface area contributed by atoms with E-state index in [1.54, 1.807) is 6.92 Å². The molecule has 0 saturated carbocycles. The molecule has 3 atom stereocenters. The molecule has 0 unspecified atom stereocenters. The van der Waals surface area contributed by atoms with Crippen molar-refractivity contribution < 1.29 is 38.9 Å². The van der Waals surface area contributed by atoms with Crippen LogP contribution in [0.3, 0.4) is 0 Å². The SMILES string of the molecule is Cc1cn([C@H]2C[C@H](O)[C@@H](CO)O2)c(=O)[nH]c1=O.[I-]. The molecule has 1 saturated heterocycles. The molecule has 0 aliphatic carbocycles. The Kier molecular flexibility index (Phi) is 5.08. The maximum absolute atomic E-state index is 11.6. The zero-order valence-electron chi connectivity index (χ0n) is 9.67. The van der Waals surface area contributed by atoms with Crippen LogP contribution >= 0.6 is 0 Å². The van der Waals surface area contributed by atoms with Gasteiger partial charge in [0.05, 0.1) is 12.7 Å². The highest BCUT2D eigenvalue weighted by Crippen LogP contribution is 2.27. The van der Waals surface area contributed by atoms with Gasteiger partial charge in [0.2, 0.25) is 0 Å². The minimum absolute atomic E-state index is 0. The normalized spacial score (nSPS) is 26.9. The van der Waals surface area contributed by atoms with Crippen LogP contribution in [0, 0.1) is 6.92 Å². The Morgan fingerprint density at radius 1 is 1.56 bits per heavy atom. The Morgan fingerprint density at radius 2 is 2.22 bits per heavy atom. The number of halogens is 1. The lowest BCUT2D eigenvalue weighted by Crippen LogP contribution is -3.00. The van der Waals surface area contributed by atoms with Crippen LogP contribution in [-0.2, 0) is 4.74 Å². The Balaban J connectivity index is 0.00000162. The number of aliphatic hydroxyl groups excluding tert-OH is 2. The summed E-state index contributed by atoms with van der Waals surface area (Å²) in [7, 11) is 0. The molecule has 0 aromatic carbocycles. The summed E-state index contributed by atoms with van der Waals surface area (Å²) in [4.78, 5) is 24.9. The molecule has 2 heterocycles. The number of aromatic amines is 1. The third-order valence-corrected chi connectivity index (χ3v) is 2.84. The number of ether oxygens (including phenoxy) is 1. The quantitative estimate of drug-likeness (QED) is 0.456. The first-order chi connectivity index (χ1) is 8.02. The van der Waals surface area contributed by atoms with E-state index in [0.29, 0.717) is 5.56 Å². The predicted molar refractivity (Wildman–Crippen MR) is 57.7 cm³/mol. The van der Waals surface area contributed by atoms with Crippen molar-refractivity contribution in [3.05, 3.63) is 32.6 Å². The molecule has 3 N–H and O–H groups in total. The van der Waals surface area contributed by atoms with Gasteiger partial charge >= 0.3 is 5.69 Å². The number of rotatable bonds is 2. The second-order valence-electron chi connectivity index (χ2n) is 4.09. The number of H-pyrrole nitrogens is 1. The highest BCUT2D eigenvalue weighted by Gasteiger charge is 2.34. The lowest BCUT2D eigenvalue weighted by Gasteiger charge is -2.14. The minimum Gasteiger partial charge on any atom is -1.00 e. The molecule has 0 amide bonds. The fourth-order valence-electron chi connectivity index (χ4n) is 1.85. The van der Waals surface area contributed by atoms with E-state index in [9.17, 15) is 14.7 Å². The average Bonchev–Trinajstić information content (AvgIpc) is 2.65. The van der Waals surface area contributed by atoms with E-state index in [2.05, 4.69) is 4.98 Å². The van der Waals surface area contributed by atoms with E-state index in [4.69, 9.17) is 9.84 Å². The van der Waals surface area contributed by atoms with Crippen LogP contribution in [0.2, 0.25) is 0 Å². The Hall–Kier alpha value is -0.710. The van der Waals surface area contributed by atoms with Crippen molar-refractivity contribution >= 4 is 0 Å². The summed E-state index contributed by atoms with van der Waals surface area (Å²) in [5, 5.41) is 18.5. The number of nitrogens with zero attached hydrogens (tertiary/aromatic N) is 1. The van der Waals surface area contributed by atoms with Crippen molar-refractivity contribution in [1.29, 1.82) is 0 Å². The monoisotopic (exact) mass is 369 g/mol. The van der Waals surface area contributed by atoms with Crippen molar-refractivity contribution in [2.75, 3.05) is 6.61 Å². The van der Waals surface area contributed by atoms with E-state index >= 15 is 0 Å². The lowest BCUT2D eigenvalue weighted by molar-refractivity contribution is -0.0459. The maximum Gasteiger partial charge on any atom is 0.330 e. The highest BCUT2D eigenvalue weighted by atomic mass is 127. The van der Waals surface area contributed by atoms with Crippen molar-refractivity contribution in [3.63, 3.8) is 0 Å². The van der Waals surface area contributed by atoms with Crippen LogP contribution in [0.4, 0.5) is 0 Å². The number of aryl methyl sites for hydroxylation is 1. The van der Waals surface area contributed by atoms with E-state index in [0.717, 1.165) is 0 Å². The Morgan fingerprint density at radius 3 is 2.78 bits per heavy atom. The molecular formula is C10H14IN2O5-. The fraction of sp³-hybridized carbons (Fsp3) is 0.600. The second kappa shape index (κ2) is 5.95. The first kappa shape index (κ1) is 15.3. The second-order valence-corrected chi connectivity index (χ2v) is 4.09. The van der Waals surface area contributed by atoms with Gasteiger partial charge in [0.1, 0.15) is 12.3 Å². The van der Waals surface area contributed by atoms with E-state index < -0.39 is 29.7 Å². The first-order valence-corrected chi connectivity index (χ1v) is 5.29. The topological polar surface area (TPSA) is 105 Å². The molecule has 0 radical (unpaired) electrons. The van der Waals surface area contributed by atoms with Gasteiger partial charge in [-0.3, -0.25) is 14.3 Å². The van der Waals surface area contributed by atoms with Crippen molar-refractivity contribution in [2.45, 2.75) is 31.8 Å². The van der Waals surface area contributed by atoms with Gasteiger partial charge in [-0.05, 0) is 6.92 Å². The zero-order chi connectivity index (χ0) is 12.6. The number of aliphatic hydroxyl groups is 2. The van der Waals surface area contributed by atoms with Crippen molar-refractivity contribution in [2.24, 2.45) is 0 Å². The zero-order valence-corrected chi connectivity index (χ0v) is 11.8. The van der Waals surface area contributed by atoms with Gasteiger partial charge in [0.15, 0.2) is 0 Å². The molecule has 1 aromatic heterocycles. The van der Waals surface area contributed by atoms with Gasteiger partial charge < -0.3 is 38.9 Å². The smallest absolute Gasteiger partial charge is 0.330 e. The molecule has 1 aliphatic rings. The number of aromatic nitrogens is 2.